The van der Waals surface area contributed by atoms with Crippen LogP contribution in [-0.4, -0.2) is 24.9 Å². The van der Waals surface area contributed by atoms with Crippen LogP contribution in [-0.2, 0) is 0 Å². The largest absolute Gasteiger partial charge is 0.368 e. The zero-order valence-electron chi connectivity index (χ0n) is 21.7. The highest BCUT2D eigenvalue weighted by Gasteiger charge is 2.11. The van der Waals surface area contributed by atoms with Crippen LogP contribution < -0.4 is 21.7 Å². The topological polar surface area (TPSA) is 127 Å². The summed E-state index contributed by atoms with van der Waals surface area (Å²) in [7, 11) is 0. The maximum atomic E-state index is 13.8. The summed E-state index contributed by atoms with van der Waals surface area (Å²) in [6.45, 7) is 0. The van der Waals surface area contributed by atoms with Crippen LogP contribution in [0.15, 0.2) is 115 Å². The maximum absolute atomic E-state index is 13.8. The van der Waals surface area contributed by atoms with Crippen LogP contribution in [0.3, 0.4) is 0 Å². The lowest BCUT2D eigenvalue weighted by atomic mass is 10.1. The number of nitrogens with two attached hydrogens (primary N) is 1. The van der Waals surface area contributed by atoms with Crippen LogP contribution >= 0.6 is 0 Å². The molecule has 10 heteroatoms. The number of aromatic nitrogens is 5. The van der Waals surface area contributed by atoms with Gasteiger partial charge in [-0.05, 0) is 48.5 Å². The molecule has 6 aromatic rings. The second-order valence-electron chi connectivity index (χ2n) is 9.00. The molecule has 0 aliphatic heterocycles. The van der Waals surface area contributed by atoms with Crippen molar-refractivity contribution in [3.8, 4) is 22.5 Å². The summed E-state index contributed by atoms with van der Waals surface area (Å²) in [4.78, 5) is 22.3. The molecule has 0 amide bonds. The molecule has 5 N–H and O–H groups in total. The molecule has 0 saturated heterocycles. The van der Waals surface area contributed by atoms with Crippen molar-refractivity contribution in [1.82, 2.24) is 24.9 Å². The second kappa shape index (κ2) is 11.5. The normalized spacial score (nSPS) is 10.7. The number of halogens is 1. The molecule has 0 aliphatic rings. The van der Waals surface area contributed by atoms with Crippen molar-refractivity contribution in [3.63, 3.8) is 0 Å². The molecule has 0 radical (unpaired) electrons. The van der Waals surface area contributed by atoms with Gasteiger partial charge < -0.3 is 21.7 Å². The zero-order valence-corrected chi connectivity index (χ0v) is 21.7. The fraction of sp³-hybridized carbons (Fsp3) is 0. The average molecular weight is 542 g/mol. The third-order valence-electron chi connectivity index (χ3n) is 6.00. The predicted octanol–water partition coefficient (Wildman–Crippen LogP) is 6.95. The van der Waals surface area contributed by atoms with Gasteiger partial charge in [0.15, 0.2) is 0 Å². The summed E-state index contributed by atoms with van der Waals surface area (Å²) < 4.78 is 13.8. The second-order valence-corrected chi connectivity index (χ2v) is 9.00. The minimum Gasteiger partial charge on any atom is -0.368 e. The first kappa shape index (κ1) is 25.4. The molecule has 2 aromatic heterocycles. The molecule has 6 rings (SSSR count). The molecule has 41 heavy (non-hydrogen) atoms. The summed E-state index contributed by atoms with van der Waals surface area (Å²) in [5.74, 6) is 0.682. The minimum absolute atomic E-state index is 0.200. The van der Waals surface area contributed by atoms with E-state index in [4.69, 9.17) is 5.73 Å². The van der Waals surface area contributed by atoms with Gasteiger partial charge in [0.2, 0.25) is 23.8 Å². The summed E-state index contributed by atoms with van der Waals surface area (Å²) in [5.41, 5.74) is 11.4. The molecular weight excluding hydrogens is 517 g/mol. The Balaban J connectivity index is 1.26. The Hall–Kier alpha value is -5.90. The summed E-state index contributed by atoms with van der Waals surface area (Å²) >= 11 is 0. The van der Waals surface area contributed by atoms with E-state index in [9.17, 15) is 4.39 Å². The molecule has 0 aliphatic carbocycles. The first-order valence-corrected chi connectivity index (χ1v) is 12.8. The Morgan fingerprint density at radius 3 is 1.54 bits per heavy atom. The van der Waals surface area contributed by atoms with Gasteiger partial charge in [0.05, 0.1) is 11.4 Å². The highest BCUT2D eigenvalue weighted by atomic mass is 19.1. The van der Waals surface area contributed by atoms with Gasteiger partial charge in [-0.25, -0.2) is 14.4 Å². The lowest BCUT2D eigenvalue weighted by molar-refractivity contribution is 0.628. The van der Waals surface area contributed by atoms with E-state index >= 15 is 0 Å². The zero-order chi connectivity index (χ0) is 28.0. The van der Waals surface area contributed by atoms with Gasteiger partial charge in [-0.15, -0.1) is 0 Å². The van der Waals surface area contributed by atoms with E-state index in [0.717, 1.165) is 28.2 Å². The van der Waals surface area contributed by atoms with Gasteiger partial charge in [0, 0.05) is 28.2 Å². The number of nitrogens with zero attached hydrogens (tertiary/aromatic N) is 5. The first-order valence-electron chi connectivity index (χ1n) is 12.8. The summed E-state index contributed by atoms with van der Waals surface area (Å²) in [5, 5.41) is 9.44. The van der Waals surface area contributed by atoms with Crippen LogP contribution in [0.4, 0.5) is 45.2 Å². The van der Waals surface area contributed by atoms with E-state index in [1.54, 1.807) is 12.1 Å². The molecular formula is C31H24FN9. The van der Waals surface area contributed by atoms with Gasteiger partial charge in [-0.3, -0.25) is 0 Å². The third-order valence-corrected chi connectivity index (χ3v) is 6.00. The lowest BCUT2D eigenvalue weighted by Gasteiger charge is -2.12. The van der Waals surface area contributed by atoms with E-state index in [0.29, 0.717) is 23.3 Å². The standard InChI is InChI=1S/C31H24FN9/c32-22-10-7-13-25(18-22)36-31-40-29(34-23-11-5-2-6-12-23)39-30(41-31)35-24-16-14-21(15-17-24)27-19-26(37-28(33)38-27)20-8-3-1-4-9-20/h1-19H,(H2,33,37,38)(H3,34,35,36,39,40,41). The van der Waals surface area contributed by atoms with Crippen molar-refractivity contribution in [3.05, 3.63) is 121 Å². The van der Waals surface area contributed by atoms with Gasteiger partial charge in [0.25, 0.3) is 0 Å². The molecule has 0 saturated carbocycles. The number of nitrogen functional groups attached to an aromatic ring is 1. The van der Waals surface area contributed by atoms with Crippen LogP contribution in [0.1, 0.15) is 0 Å². The summed E-state index contributed by atoms with van der Waals surface area (Å²) in [6, 6.07) is 35.0. The van der Waals surface area contributed by atoms with Gasteiger partial charge in [0.1, 0.15) is 5.82 Å². The van der Waals surface area contributed by atoms with Crippen molar-refractivity contribution >= 4 is 40.9 Å². The van der Waals surface area contributed by atoms with Crippen molar-refractivity contribution in [1.29, 1.82) is 0 Å². The minimum atomic E-state index is -0.369. The van der Waals surface area contributed by atoms with Crippen LogP contribution in [0.25, 0.3) is 22.5 Å². The monoisotopic (exact) mass is 541 g/mol. The number of anilines is 7. The lowest BCUT2D eigenvalue weighted by Crippen LogP contribution is -2.07. The molecule has 9 nitrogen and oxygen atoms in total. The number of para-hydroxylation sites is 1. The molecule has 200 valence electrons. The third kappa shape index (κ3) is 6.40. The van der Waals surface area contributed by atoms with E-state index in [1.807, 2.05) is 91.0 Å². The smallest absolute Gasteiger partial charge is 0.233 e. The number of nitrogens with one attached hydrogen (secondary N) is 3. The van der Waals surface area contributed by atoms with Gasteiger partial charge in [-0.1, -0.05) is 66.7 Å². The van der Waals surface area contributed by atoms with E-state index < -0.39 is 0 Å². The van der Waals surface area contributed by atoms with Crippen molar-refractivity contribution < 1.29 is 4.39 Å². The fourth-order valence-corrected chi connectivity index (χ4v) is 4.11. The van der Waals surface area contributed by atoms with E-state index in [-0.39, 0.29) is 17.7 Å². The van der Waals surface area contributed by atoms with Gasteiger partial charge >= 0.3 is 0 Å². The number of hydrogen-bond donors (Lipinski definition) is 4. The van der Waals surface area contributed by atoms with E-state index in [1.165, 1.54) is 12.1 Å². The Morgan fingerprint density at radius 2 is 0.951 bits per heavy atom. The highest BCUT2D eigenvalue weighted by Crippen LogP contribution is 2.27. The fourth-order valence-electron chi connectivity index (χ4n) is 4.11. The Kier molecular flexibility index (Phi) is 7.09. The Morgan fingerprint density at radius 1 is 0.463 bits per heavy atom. The molecule has 2 heterocycles. The maximum Gasteiger partial charge on any atom is 0.233 e. The number of rotatable bonds is 8. The van der Waals surface area contributed by atoms with E-state index in [2.05, 4.69) is 40.9 Å². The first-order chi connectivity index (χ1) is 20.1. The molecule has 0 atom stereocenters. The molecule has 0 bridgehead atoms. The molecule has 4 aromatic carbocycles. The van der Waals surface area contributed by atoms with Gasteiger partial charge in [-0.2, -0.15) is 15.0 Å². The van der Waals surface area contributed by atoms with Crippen molar-refractivity contribution in [2.24, 2.45) is 0 Å². The quantitative estimate of drug-likeness (QED) is 0.162. The SMILES string of the molecule is Nc1nc(-c2ccccc2)cc(-c2ccc(Nc3nc(Nc4ccccc4)nc(Nc4cccc(F)c4)n3)cc2)n1. The predicted molar refractivity (Wildman–Crippen MR) is 160 cm³/mol. The van der Waals surface area contributed by atoms with Crippen LogP contribution in [0.5, 0.6) is 0 Å². The Labute approximate surface area is 235 Å². The van der Waals surface area contributed by atoms with Crippen molar-refractivity contribution in [2.45, 2.75) is 0 Å². The highest BCUT2D eigenvalue weighted by molar-refractivity contribution is 5.71. The summed E-state index contributed by atoms with van der Waals surface area (Å²) in [6.07, 6.45) is 0. The van der Waals surface area contributed by atoms with Crippen LogP contribution in [0.2, 0.25) is 0 Å². The number of benzene rings is 4. The molecule has 0 unspecified atom stereocenters. The number of hydrogen-bond acceptors (Lipinski definition) is 9. The molecule has 0 spiro atoms. The average Bonchev–Trinajstić information content (AvgIpc) is 2.98. The van der Waals surface area contributed by atoms with Crippen LogP contribution in [0, 0.1) is 5.82 Å². The van der Waals surface area contributed by atoms with Crippen molar-refractivity contribution in [2.75, 3.05) is 21.7 Å². The molecule has 0 fully saturated rings. The Bertz CT molecular complexity index is 1780.